The Labute approximate surface area is 144 Å². The van der Waals surface area contributed by atoms with E-state index in [4.69, 9.17) is 16.3 Å². The molecule has 0 radical (unpaired) electrons. The number of halogens is 2. The van der Waals surface area contributed by atoms with E-state index in [9.17, 15) is 9.18 Å². The first-order valence-electron chi connectivity index (χ1n) is 7.45. The second-order valence-electron chi connectivity index (χ2n) is 5.35. The monoisotopic (exact) mass is 343 g/mol. The SMILES string of the molecule is CC(Oc1ccc(F)cc1Cl)C(=O)Nc1cccc2ccccc12. The first kappa shape index (κ1) is 16.3. The molecule has 0 aliphatic heterocycles. The molecule has 5 heteroatoms. The lowest BCUT2D eigenvalue weighted by atomic mass is 10.1. The van der Waals surface area contributed by atoms with Gasteiger partial charge in [-0.2, -0.15) is 0 Å². The van der Waals surface area contributed by atoms with E-state index in [1.165, 1.54) is 12.1 Å². The molecule has 3 aromatic rings. The molecule has 0 bridgehead atoms. The molecular weight excluding hydrogens is 329 g/mol. The van der Waals surface area contributed by atoms with E-state index in [1.807, 2.05) is 42.5 Å². The van der Waals surface area contributed by atoms with Gasteiger partial charge in [-0.1, -0.05) is 48.0 Å². The molecule has 24 heavy (non-hydrogen) atoms. The smallest absolute Gasteiger partial charge is 0.265 e. The molecule has 3 rings (SSSR count). The van der Waals surface area contributed by atoms with Crippen LogP contribution in [0, 0.1) is 5.82 Å². The minimum atomic E-state index is -0.785. The third kappa shape index (κ3) is 3.49. The summed E-state index contributed by atoms with van der Waals surface area (Å²) in [6, 6.07) is 17.2. The van der Waals surface area contributed by atoms with Gasteiger partial charge in [0.25, 0.3) is 5.91 Å². The van der Waals surface area contributed by atoms with Crippen molar-refractivity contribution in [3.05, 3.63) is 71.5 Å². The van der Waals surface area contributed by atoms with Gasteiger partial charge in [0.2, 0.25) is 0 Å². The number of anilines is 1. The van der Waals surface area contributed by atoms with Crippen molar-refractivity contribution in [2.75, 3.05) is 5.32 Å². The van der Waals surface area contributed by atoms with Crippen molar-refractivity contribution in [2.45, 2.75) is 13.0 Å². The van der Waals surface area contributed by atoms with Crippen molar-refractivity contribution in [3.8, 4) is 5.75 Å². The zero-order chi connectivity index (χ0) is 17.1. The van der Waals surface area contributed by atoms with Crippen LogP contribution in [0.2, 0.25) is 5.02 Å². The average Bonchev–Trinajstić information content (AvgIpc) is 2.57. The third-order valence-corrected chi connectivity index (χ3v) is 3.91. The van der Waals surface area contributed by atoms with Crippen molar-refractivity contribution in [1.29, 1.82) is 0 Å². The molecule has 0 heterocycles. The van der Waals surface area contributed by atoms with Gasteiger partial charge in [0.05, 0.1) is 5.02 Å². The number of carbonyl (C=O) groups excluding carboxylic acids is 1. The number of fused-ring (bicyclic) bond motifs is 1. The highest BCUT2D eigenvalue weighted by atomic mass is 35.5. The summed E-state index contributed by atoms with van der Waals surface area (Å²) in [4.78, 5) is 12.4. The summed E-state index contributed by atoms with van der Waals surface area (Å²) in [5, 5.41) is 4.96. The fourth-order valence-electron chi connectivity index (χ4n) is 2.38. The summed E-state index contributed by atoms with van der Waals surface area (Å²) in [6.45, 7) is 1.61. The average molecular weight is 344 g/mol. The van der Waals surface area contributed by atoms with Crippen molar-refractivity contribution >= 4 is 34.0 Å². The highest BCUT2D eigenvalue weighted by Gasteiger charge is 2.17. The van der Waals surface area contributed by atoms with Gasteiger partial charge >= 0.3 is 0 Å². The van der Waals surface area contributed by atoms with Crippen LogP contribution in [0.3, 0.4) is 0 Å². The number of rotatable bonds is 4. The summed E-state index contributed by atoms with van der Waals surface area (Å²) in [5.41, 5.74) is 0.707. The van der Waals surface area contributed by atoms with Crippen molar-refractivity contribution < 1.29 is 13.9 Å². The minimum Gasteiger partial charge on any atom is -0.479 e. The molecule has 0 aliphatic carbocycles. The van der Waals surface area contributed by atoms with Gasteiger partial charge in [-0.05, 0) is 36.6 Å². The summed E-state index contributed by atoms with van der Waals surface area (Å²) >= 11 is 5.92. The quantitative estimate of drug-likeness (QED) is 0.720. The number of amides is 1. The van der Waals surface area contributed by atoms with E-state index < -0.39 is 11.9 Å². The van der Waals surface area contributed by atoms with E-state index in [0.717, 1.165) is 16.8 Å². The minimum absolute atomic E-state index is 0.125. The summed E-state index contributed by atoms with van der Waals surface area (Å²) < 4.78 is 18.6. The van der Waals surface area contributed by atoms with Gasteiger partial charge in [0.15, 0.2) is 6.10 Å². The van der Waals surface area contributed by atoms with Gasteiger partial charge < -0.3 is 10.1 Å². The number of benzene rings is 3. The van der Waals surface area contributed by atoms with Crippen molar-refractivity contribution in [3.63, 3.8) is 0 Å². The normalized spacial score (nSPS) is 12.0. The lowest BCUT2D eigenvalue weighted by Crippen LogP contribution is -2.30. The Bertz CT molecular complexity index is 892. The zero-order valence-corrected chi connectivity index (χ0v) is 13.7. The van der Waals surface area contributed by atoms with Crippen LogP contribution in [-0.4, -0.2) is 12.0 Å². The Morgan fingerprint density at radius 3 is 2.67 bits per heavy atom. The van der Waals surface area contributed by atoms with Crippen LogP contribution in [0.25, 0.3) is 10.8 Å². The van der Waals surface area contributed by atoms with Crippen LogP contribution in [0.15, 0.2) is 60.7 Å². The number of nitrogens with one attached hydrogen (secondary N) is 1. The van der Waals surface area contributed by atoms with Gasteiger partial charge in [0.1, 0.15) is 11.6 Å². The number of carbonyl (C=O) groups is 1. The highest BCUT2D eigenvalue weighted by molar-refractivity contribution is 6.32. The molecule has 1 atom stereocenters. The molecule has 1 amide bonds. The zero-order valence-electron chi connectivity index (χ0n) is 12.9. The number of hydrogen-bond acceptors (Lipinski definition) is 2. The fourth-order valence-corrected chi connectivity index (χ4v) is 2.60. The molecule has 3 nitrogen and oxygen atoms in total. The van der Waals surface area contributed by atoms with E-state index in [0.29, 0.717) is 5.69 Å². The lowest BCUT2D eigenvalue weighted by Gasteiger charge is -2.16. The maximum atomic E-state index is 13.1. The topological polar surface area (TPSA) is 38.3 Å². The van der Waals surface area contributed by atoms with Crippen LogP contribution < -0.4 is 10.1 Å². The third-order valence-electron chi connectivity index (χ3n) is 3.61. The molecule has 0 aliphatic rings. The predicted molar refractivity (Wildman–Crippen MR) is 94.1 cm³/mol. The maximum absolute atomic E-state index is 13.1. The van der Waals surface area contributed by atoms with E-state index in [1.54, 1.807) is 6.92 Å². The van der Waals surface area contributed by atoms with Crippen molar-refractivity contribution in [1.82, 2.24) is 0 Å². The van der Waals surface area contributed by atoms with Crippen LogP contribution >= 0.6 is 11.6 Å². The van der Waals surface area contributed by atoms with Crippen molar-refractivity contribution in [2.24, 2.45) is 0 Å². The molecule has 0 saturated heterocycles. The van der Waals surface area contributed by atoms with Gasteiger partial charge in [-0.15, -0.1) is 0 Å². The summed E-state index contributed by atoms with van der Waals surface area (Å²) in [5.74, 6) is -0.509. The Balaban J connectivity index is 1.76. The van der Waals surface area contributed by atoms with Crippen LogP contribution in [0.1, 0.15) is 6.92 Å². The standard InChI is InChI=1S/C19H15ClFNO2/c1-12(24-18-10-9-14(21)11-16(18)20)19(23)22-17-8-4-6-13-5-2-3-7-15(13)17/h2-12H,1H3,(H,22,23). The van der Waals surface area contributed by atoms with Gasteiger partial charge in [0, 0.05) is 11.1 Å². The first-order chi connectivity index (χ1) is 11.5. The molecular formula is C19H15ClFNO2. The first-order valence-corrected chi connectivity index (χ1v) is 7.83. The van der Waals surface area contributed by atoms with Crippen LogP contribution in [0.5, 0.6) is 5.75 Å². The largest absolute Gasteiger partial charge is 0.479 e. The molecule has 0 aromatic heterocycles. The van der Waals surface area contributed by atoms with Crippen LogP contribution in [0.4, 0.5) is 10.1 Å². The van der Waals surface area contributed by atoms with Crippen LogP contribution in [-0.2, 0) is 4.79 Å². The highest BCUT2D eigenvalue weighted by Crippen LogP contribution is 2.27. The van der Waals surface area contributed by atoms with Gasteiger partial charge in [-0.25, -0.2) is 4.39 Å². The summed E-state index contributed by atoms with van der Waals surface area (Å²) in [6.07, 6.45) is -0.785. The Kier molecular flexibility index (Phi) is 4.67. The molecule has 1 unspecified atom stereocenters. The second kappa shape index (κ2) is 6.89. The molecule has 1 N–H and O–H groups in total. The second-order valence-corrected chi connectivity index (χ2v) is 5.76. The Morgan fingerprint density at radius 1 is 1.12 bits per heavy atom. The Morgan fingerprint density at radius 2 is 1.88 bits per heavy atom. The predicted octanol–water partition coefficient (Wildman–Crippen LogP) is 5.04. The van der Waals surface area contributed by atoms with Gasteiger partial charge in [-0.3, -0.25) is 4.79 Å². The number of hydrogen-bond donors (Lipinski definition) is 1. The molecule has 0 spiro atoms. The molecule has 0 fully saturated rings. The molecule has 122 valence electrons. The van der Waals surface area contributed by atoms with E-state index in [2.05, 4.69) is 5.32 Å². The number of ether oxygens (including phenoxy) is 1. The maximum Gasteiger partial charge on any atom is 0.265 e. The van der Waals surface area contributed by atoms with E-state index in [-0.39, 0.29) is 16.7 Å². The van der Waals surface area contributed by atoms with E-state index >= 15 is 0 Å². The molecule has 0 saturated carbocycles. The fraction of sp³-hybridized carbons (Fsp3) is 0.105. The Hall–Kier alpha value is -2.59. The summed E-state index contributed by atoms with van der Waals surface area (Å²) in [7, 11) is 0. The lowest BCUT2D eigenvalue weighted by molar-refractivity contribution is -0.122. The molecule has 3 aromatic carbocycles.